The van der Waals surface area contributed by atoms with E-state index < -0.39 is 10.8 Å². The number of carbonyl (C=O) groups is 2. The summed E-state index contributed by atoms with van der Waals surface area (Å²) < 4.78 is 11.3. The van der Waals surface area contributed by atoms with Crippen molar-refractivity contribution in [2.45, 2.75) is 18.6 Å². The van der Waals surface area contributed by atoms with Gasteiger partial charge in [-0.25, -0.2) is 0 Å². The van der Waals surface area contributed by atoms with E-state index in [0.717, 1.165) is 24.1 Å². The zero-order valence-corrected chi connectivity index (χ0v) is 15.6. The van der Waals surface area contributed by atoms with Crippen molar-refractivity contribution in [2.75, 3.05) is 24.2 Å². The van der Waals surface area contributed by atoms with Crippen LogP contribution in [-0.2, 0) is 27.8 Å². The van der Waals surface area contributed by atoms with E-state index in [9.17, 15) is 13.8 Å². The maximum absolute atomic E-state index is 12.6. The molecule has 26 heavy (non-hydrogen) atoms. The summed E-state index contributed by atoms with van der Waals surface area (Å²) in [6.45, 7) is 0.626. The van der Waals surface area contributed by atoms with E-state index in [1.54, 1.807) is 29.4 Å². The standard InChI is InChI=1S/C20H22N2O3S/c1-26(25)14-15-6-4-8-17(12-15)20(24)21-13-19(23)22-11-5-9-16-7-2-3-10-18(16)22/h2-4,6-8,10,12H,5,9,11,13-14H2,1H3,(H,21,24). The Balaban J connectivity index is 1.63. The van der Waals surface area contributed by atoms with Crippen molar-refractivity contribution in [3.05, 3.63) is 65.2 Å². The summed E-state index contributed by atoms with van der Waals surface area (Å²) in [4.78, 5) is 26.7. The predicted octanol–water partition coefficient (Wildman–Crippen LogP) is 2.27. The van der Waals surface area contributed by atoms with Gasteiger partial charge in [0.05, 0.1) is 6.54 Å². The first-order valence-electron chi connectivity index (χ1n) is 8.60. The first-order valence-corrected chi connectivity index (χ1v) is 10.3. The quantitative estimate of drug-likeness (QED) is 0.878. The van der Waals surface area contributed by atoms with Crippen LogP contribution in [0.15, 0.2) is 48.5 Å². The topological polar surface area (TPSA) is 66.5 Å². The lowest BCUT2D eigenvalue weighted by Crippen LogP contribution is -2.42. The third kappa shape index (κ3) is 4.38. The van der Waals surface area contributed by atoms with Crippen LogP contribution in [0.2, 0.25) is 0 Å². The fourth-order valence-corrected chi connectivity index (χ4v) is 3.83. The van der Waals surface area contributed by atoms with Crippen molar-refractivity contribution in [1.29, 1.82) is 0 Å². The van der Waals surface area contributed by atoms with Crippen molar-refractivity contribution in [2.24, 2.45) is 0 Å². The molecule has 136 valence electrons. The summed E-state index contributed by atoms with van der Waals surface area (Å²) in [7, 11) is -0.966. The number of aryl methyl sites for hydroxylation is 1. The summed E-state index contributed by atoms with van der Waals surface area (Å²) in [6.07, 6.45) is 3.52. The van der Waals surface area contributed by atoms with Crippen LogP contribution in [0.25, 0.3) is 0 Å². The number of carbonyl (C=O) groups excluding carboxylic acids is 2. The SMILES string of the molecule is CS(=O)Cc1cccc(C(=O)NCC(=O)N2CCCc3ccccc32)c1. The van der Waals surface area contributed by atoms with Crippen LogP contribution >= 0.6 is 0 Å². The molecule has 6 heteroatoms. The van der Waals surface area contributed by atoms with E-state index in [-0.39, 0.29) is 18.4 Å². The summed E-state index contributed by atoms with van der Waals surface area (Å²) in [5.41, 5.74) is 3.42. The van der Waals surface area contributed by atoms with Gasteiger partial charge >= 0.3 is 0 Å². The number of anilines is 1. The fraction of sp³-hybridized carbons (Fsp3) is 0.300. The van der Waals surface area contributed by atoms with Gasteiger partial charge in [0.2, 0.25) is 5.91 Å². The molecule has 5 nitrogen and oxygen atoms in total. The zero-order valence-electron chi connectivity index (χ0n) is 14.7. The van der Waals surface area contributed by atoms with E-state index in [2.05, 4.69) is 5.32 Å². The molecule has 0 aromatic heterocycles. The van der Waals surface area contributed by atoms with Crippen molar-refractivity contribution in [1.82, 2.24) is 5.32 Å². The van der Waals surface area contributed by atoms with Crippen LogP contribution in [0, 0.1) is 0 Å². The van der Waals surface area contributed by atoms with Crippen LogP contribution in [0.4, 0.5) is 5.69 Å². The third-order valence-electron chi connectivity index (χ3n) is 4.37. The normalized spacial score (nSPS) is 14.4. The molecule has 0 saturated carbocycles. The van der Waals surface area contributed by atoms with Gasteiger partial charge in [-0.1, -0.05) is 30.3 Å². The van der Waals surface area contributed by atoms with Gasteiger partial charge in [-0.05, 0) is 42.2 Å². The van der Waals surface area contributed by atoms with Crippen LogP contribution < -0.4 is 10.2 Å². The summed E-state index contributed by atoms with van der Waals surface area (Å²) in [5.74, 6) is -0.00589. The second-order valence-electron chi connectivity index (χ2n) is 6.38. The lowest BCUT2D eigenvalue weighted by Gasteiger charge is -2.29. The molecule has 2 aromatic carbocycles. The van der Waals surface area contributed by atoms with Gasteiger partial charge < -0.3 is 10.2 Å². The molecule has 1 aliphatic heterocycles. The molecular formula is C20H22N2O3S. The van der Waals surface area contributed by atoms with Crippen LogP contribution in [0.5, 0.6) is 0 Å². The summed E-state index contributed by atoms with van der Waals surface area (Å²) >= 11 is 0. The first-order chi connectivity index (χ1) is 12.5. The molecule has 1 atom stereocenters. The second-order valence-corrected chi connectivity index (χ2v) is 7.81. The average molecular weight is 370 g/mol. The summed E-state index contributed by atoms with van der Waals surface area (Å²) in [5, 5.41) is 2.70. The van der Waals surface area contributed by atoms with E-state index in [1.165, 1.54) is 5.56 Å². The van der Waals surface area contributed by atoms with Crippen molar-refractivity contribution in [3.8, 4) is 0 Å². The van der Waals surface area contributed by atoms with Crippen LogP contribution in [0.3, 0.4) is 0 Å². The molecule has 1 N–H and O–H groups in total. The Morgan fingerprint density at radius 1 is 1.15 bits per heavy atom. The highest BCUT2D eigenvalue weighted by molar-refractivity contribution is 7.83. The molecule has 0 aliphatic carbocycles. The van der Waals surface area contributed by atoms with Gasteiger partial charge in [0.15, 0.2) is 0 Å². The number of fused-ring (bicyclic) bond motifs is 1. The lowest BCUT2D eigenvalue weighted by molar-refractivity contribution is -0.117. The minimum absolute atomic E-state index is 0.0445. The number of hydrogen-bond donors (Lipinski definition) is 1. The molecule has 1 unspecified atom stereocenters. The predicted molar refractivity (Wildman–Crippen MR) is 104 cm³/mol. The van der Waals surface area contributed by atoms with E-state index in [1.807, 2.05) is 30.3 Å². The molecule has 1 heterocycles. The number of benzene rings is 2. The molecule has 0 bridgehead atoms. The molecule has 2 aromatic rings. The third-order valence-corrected chi connectivity index (χ3v) is 5.11. The Morgan fingerprint density at radius 3 is 2.77 bits per heavy atom. The molecule has 0 fully saturated rings. The fourth-order valence-electron chi connectivity index (χ4n) is 3.18. The highest BCUT2D eigenvalue weighted by Gasteiger charge is 2.22. The Hall–Kier alpha value is -2.47. The van der Waals surface area contributed by atoms with E-state index >= 15 is 0 Å². The number of rotatable bonds is 5. The van der Waals surface area contributed by atoms with Gasteiger partial charge in [-0.3, -0.25) is 13.8 Å². The average Bonchev–Trinajstić information content (AvgIpc) is 2.65. The number of nitrogens with one attached hydrogen (secondary N) is 1. The molecule has 2 amide bonds. The van der Waals surface area contributed by atoms with Crippen molar-refractivity contribution >= 4 is 28.3 Å². The number of hydrogen-bond acceptors (Lipinski definition) is 3. The van der Waals surface area contributed by atoms with E-state index in [4.69, 9.17) is 0 Å². The van der Waals surface area contributed by atoms with Crippen molar-refractivity contribution < 1.29 is 13.8 Å². The van der Waals surface area contributed by atoms with Crippen LogP contribution in [-0.4, -0.2) is 35.4 Å². The smallest absolute Gasteiger partial charge is 0.251 e. The largest absolute Gasteiger partial charge is 0.343 e. The Bertz CT molecular complexity index is 850. The number of nitrogens with zero attached hydrogens (tertiary/aromatic N) is 1. The van der Waals surface area contributed by atoms with Gasteiger partial charge in [-0.15, -0.1) is 0 Å². The molecular weight excluding hydrogens is 348 g/mol. The lowest BCUT2D eigenvalue weighted by atomic mass is 10.0. The van der Waals surface area contributed by atoms with Crippen LogP contribution in [0.1, 0.15) is 27.9 Å². The Kier molecular flexibility index (Phi) is 5.83. The molecule has 0 radical (unpaired) electrons. The Morgan fingerprint density at radius 2 is 1.96 bits per heavy atom. The van der Waals surface area contributed by atoms with Gasteiger partial charge in [-0.2, -0.15) is 0 Å². The van der Waals surface area contributed by atoms with Gasteiger partial charge in [0, 0.05) is 40.6 Å². The van der Waals surface area contributed by atoms with Gasteiger partial charge in [0.1, 0.15) is 0 Å². The molecule has 0 saturated heterocycles. The van der Waals surface area contributed by atoms with Crippen molar-refractivity contribution in [3.63, 3.8) is 0 Å². The highest BCUT2D eigenvalue weighted by Crippen LogP contribution is 2.26. The second kappa shape index (κ2) is 8.27. The highest BCUT2D eigenvalue weighted by atomic mass is 32.2. The minimum Gasteiger partial charge on any atom is -0.343 e. The zero-order chi connectivity index (χ0) is 18.5. The maximum Gasteiger partial charge on any atom is 0.251 e. The summed E-state index contributed by atoms with van der Waals surface area (Å²) in [6, 6.07) is 14.9. The molecule has 1 aliphatic rings. The number of para-hydroxylation sites is 1. The molecule has 3 rings (SSSR count). The van der Waals surface area contributed by atoms with Gasteiger partial charge in [0.25, 0.3) is 5.91 Å². The number of amides is 2. The monoisotopic (exact) mass is 370 g/mol. The maximum atomic E-state index is 12.6. The Labute approximate surface area is 155 Å². The molecule has 0 spiro atoms. The minimum atomic E-state index is -0.966. The van der Waals surface area contributed by atoms with E-state index in [0.29, 0.717) is 17.9 Å². The first kappa shape index (κ1) is 18.3.